The van der Waals surface area contributed by atoms with Crippen LogP contribution in [0.3, 0.4) is 0 Å². The highest BCUT2D eigenvalue weighted by atomic mass is 16.5. The van der Waals surface area contributed by atoms with E-state index >= 15 is 0 Å². The zero-order valence-electron chi connectivity index (χ0n) is 5.83. The van der Waals surface area contributed by atoms with Crippen molar-refractivity contribution < 1.29 is 14.6 Å². The van der Waals surface area contributed by atoms with Gasteiger partial charge in [-0.15, -0.1) is 0 Å². The maximum atomic E-state index is 10.4. The Kier molecular flexibility index (Phi) is 3.25. The fourth-order valence-electron chi connectivity index (χ4n) is 0.290. The summed E-state index contributed by atoms with van der Waals surface area (Å²) in [6.07, 6.45) is 0.366. The molecule has 0 aromatic carbocycles. The van der Waals surface area contributed by atoms with E-state index in [2.05, 4.69) is 17.9 Å². The molecule has 0 fully saturated rings. The van der Waals surface area contributed by atoms with Crippen LogP contribution in [-0.2, 0) is 9.53 Å². The zero-order chi connectivity index (χ0) is 8.15. The molecule has 0 rings (SSSR count). The molecule has 3 heteroatoms. The molecule has 0 aliphatic heterocycles. The minimum absolute atomic E-state index is 0.171. The lowest BCUT2D eigenvalue weighted by Crippen LogP contribution is -2.14. The van der Waals surface area contributed by atoms with Gasteiger partial charge in [-0.25, -0.2) is 4.79 Å². The molecule has 56 valence electrons. The van der Waals surface area contributed by atoms with Crippen LogP contribution in [0, 0.1) is 0 Å². The van der Waals surface area contributed by atoms with Gasteiger partial charge in [0.1, 0.15) is 5.76 Å². The third-order valence-electron chi connectivity index (χ3n) is 0.929. The van der Waals surface area contributed by atoms with Crippen molar-refractivity contribution in [2.24, 2.45) is 0 Å². The van der Waals surface area contributed by atoms with Crippen molar-refractivity contribution in [1.29, 1.82) is 0 Å². The Labute approximate surface area is 59.6 Å². The number of ether oxygens (including phenoxy) is 1. The lowest BCUT2D eigenvalue weighted by molar-refractivity contribution is -0.141. The van der Waals surface area contributed by atoms with Gasteiger partial charge in [-0.2, -0.15) is 0 Å². The molecule has 0 radical (unpaired) electrons. The number of rotatable bonds is 3. The van der Waals surface area contributed by atoms with Crippen LogP contribution >= 0.6 is 0 Å². The van der Waals surface area contributed by atoms with E-state index in [-0.39, 0.29) is 5.76 Å². The maximum absolute atomic E-state index is 10.4. The molecule has 1 N–H and O–H groups in total. The molecule has 0 aliphatic rings. The van der Waals surface area contributed by atoms with Crippen LogP contribution in [0.5, 0.6) is 0 Å². The van der Waals surface area contributed by atoms with E-state index in [0.29, 0.717) is 0 Å². The van der Waals surface area contributed by atoms with E-state index in [9.17, 15) is 4.79 Å². The average Bonchev–Trinajstić information content (AvgIpc) is 1.87. The third kappa shape index (κ3) is 2.91. The minimum Gasteiger partial charge on any atom is -0.509 e. The third-order valence-corrected chi connectivity index (χ3v) is 0.929. The quantitative estimate of drug-likeness (QED) is 0.365. The van der Waals surface area contributed by atoms with Crippen molar-refractivity contribution >= 4 is 5.97 Å². The normalized spacial score (nSPS) is 11.7. The Hall–Kier alpha value is -1.25. The summed E-state index contributed by atoms with van der Waals surface area (Å²) in [7, 11) is 0. The zero-order valence-corrected chi connectivity index (χ0v) is 5.83. The first-order valence-electron chi connectivity index (χ1n) is 2.78. The van der Waals surface area contributed by atoms with Gasteiger partial charge in [-0.05, 0) is 6.92 Å². The van der Waals surface area contributed by atoms with E-state index in [1.165, 1.54) is 6.92 Å². The van der Waals surface area contributed by atoms with Crippen LogP contribution in [0.2, 0.25) is 0 Å². The highest BCUT2D eigenvalue weighted by Gasteiger charge is 2.07. The molecule has 0 saturated carbocycles. The van der Waals surface area contributed by atoms with Gasteiger partial charge >= 0.3 is 5.97 Å². The molecule has 0 aromatic rings. The van der Waals surface area contributed by atoms with Gasteiger partial charge in [0.25, 0.3) is 0 Å². The Morgan fingerprint density at radius 1 is 1.80 bits per heavy atom. The van der Waals surface area contributed by atoms with E-state index in [1.54, 1.807) is 0 Å². The van der Waals surface area contributed by atoms with Crippen molar-refractivity contribution in [3.8, 4) is 0 Å². The highest BCUT2D eigenvalue weighted by Crippen LogP contribution is 1.99. The molecule has 0 spiro atoms. The SMILES string of the molecule is C=CC(=O)OC(C)C(=C)O. The molecule has 1 unspecified atom stereocenters. The van der Waals surface area contributed by atoms with Gasteiger partial charge in [0.2, 0.25) is 0 Å². The number of aliphatic hydroxyl groups is 1. The monoisotopic (exact) mass is 142 g/mol. The van der Waals surface area contributed by atoms with E-state index in [4.69, 9.17) is 5.11 Å². The first kappa shape index (κ1) is 8.75. The Bertz CT molecular complexity index is 160. The summed E-state index contributed by atoms with van der Waals surface area (Å²) in [5.41, 5.74) is 0. The second-order valence-electron chi connectivity index (χ2n) is 1.77. The molecule has 0 saturated heterocycles. The molecule has 0 heterocycles. The topological polar surface area (TPSA) is 46.5 Å². The van der Waals surface area contributed by atoms with Crippen LogP contribution < -0.4 is 0 Å². The van der Waals surface area contributed by atoms with E-state index in [1.807, 2.05) is 0 Å². The standard InChI is InChI=1S/C7H10O3/c1-4-7(9)10-6(3)5(2)8/h4,6,8H,1-2H2,3H3. The van der Waals surface area contributed by atoms with Crippen LogP contribution in [0.1, 0.15) is 6.92 Å². The molecule has 0 aromatic heterocycles. The number of carbonyl (C=O) groups excluding carboxylic acids is 1. The van der Waals surface area contributed by atoms with Crippen LogP contribution in [-0.4, -0.2) is 17.2 Å². The fourth-order valence-corrected chi connectivity index (χ4v) is 0.290. The van der Waals surface area contributed by atoms with Crippen molar-refractivity contribution in [3.63, 3.8) is 0 Å². The van der Waals surface area contributed by atoms with Crippen molar-refractivity contribution in [3.05, 3.63) is 25.0 Å². The highest BCUT2D eigenvalue weighted by molar-refractivity contribution is 5.81. The molecule has 3 nitrogen and oxygen atoms in total. The lowest BCUT2D eigenvalue weighted by atomic mass is 10.3. The van der Waals surface area contributed by atoms with E-state index in [0.717, 1.165) is 6.08 Å². The van der Waals surface area contributed by atoms with Gasteiger partial charge < -0.3 is 9.84 Å². The Balaban J connectivity index is 3.79. The molecular formula is C7H10O3. The molecule has 0 aliphatic carbocycles. The first-order valence-corrected chi connectivity index (χ1v) is 2.78. The van der Waals surface area contributed by atoms with Crippen molar-refractivity contribution in [1.82, 2.24) is 0 Å². The summed E-state index contributed by atoms with van der Waals surface area (Å²) in [6, 6.07) is 0. The summed E-state index contributed by atoms with van der Waals surface area (Å²) < 4.78 is 4.55. The van der Waals surface area contributed by atoms with Gasteiger partial charge in [0.05, 0.1) is 0 Å². The largest absolute Gasteiger partial charge is 0.509 e. The smallest absolute Gasteiger partial charge is 0.330 e. The van der Waals surface area contributed by atoms with Gasteiger partial charge in [-0.3, -0.25) is 0 Å². The van der Waals surface area contributed by atoms with Gasteiger partial charge in [0.15, 0.2) is 6.10 Å². The number of aliphatic hydroxyl groups excluding tert-OH is 1. The second kappa shape index (κ2) is 3.71. The summed E-state index contributed by atoms with van der Waals surface area (Å²) in [5, 5.41) is 8.66. The molecule has 1 atom stereocenters. The molecular weight excluding hydrogens is 132 g/mol. The van der Waals surface area contributed by atoms with Crippen LogP contribution in [0.4, 0.5) is 0 Å². The predicted octanol–water partition coefficient (Wildman–Crippen LogP) is 1.18. The molecule has 0 bridgehead atoms. The van der Waals surface area contributed by atoms with E-state index < -0.39 is 12.1 Å². The molecule has 10 heavy (non-hydrogen) atoms. The summed E-state index contributed by atoms with van der Waals surface area (Å²) in [5.74, 6) is -0.738. The second-order valence-corrected chi connectivity index (χ2v) is 1.77. The maximum Gasteiger partial charge on any atom is 0.330 e. The predicted molar refractivity (Wildman–Crippen MR) is 37.5 cm³/mol. The first-order chi connectivity index (χ1) is 4.57. The number of hydrogen-bond donors (Lipinski definition) is 1. The number of hydrogen-bond acceptors (Lipinski definition) is 3. The summed E-state index contributed by atoms with van der Waals surface area (Å²) >= 11 is 0. The minimum atomic E-state index is -0.662. The van der Waals surface area contributed by atoms with Crippen molar-refractivity contribution in [2.45, 2.75) is 13.0 Å². The average molecular weight is 142 g/mol. The van der Waals surface area contributed by atoms with Gasteiger partial charge in [-0.1, -0.05) is 13.2 Å². The molecule has 0 amide bonds. The van der Waals surface area contributed by atoms with Crippen LogP contribution in [0.25, 0.3) is 0 Å². The van der Waals surface area contributed by atoms with Crippen LogP contribution in [0.15, 0.2) is 25.0 Å². The summed E-state index contributed by atoms with van der Waals surface area (Å²) in [6.45, 7) is 7.89. The lowest BCUT2D eigenvalue weighted by Gasteiger charge is -2.08. The van der Waals surface area contributed by atoms with Crippen molar-refractivity contribution in [2.75, 3.05) is 0 Å². The Morgan fingerprint density at radius 2 is 2.30 bits per heavy atom. The number of carbonyl (C=O) groups is 1. The fraction of sp³-hybridized carbons (Fsp3) is 0.286. The van der Waals surface area contributed by atoms with Gasteiger partial charge in [0, 0.05) is 6.08 Å². The summed E-state index contributed by atoms with van der Waals surface area (Å²) in [4.78, 5) is 10.4. The Morgan fingerprint density at radius 3 is 2.60 bits per heavy atom. The number of esters is 1.